The van der Waals surface area contributed by atoms with Crippen LogP contribution < -0.4 is 4.90 Å². The minimum Gasteiger partial charge on any atom is -0.507 e. The van der Waals surface area contributed by atoms with Crippen LogP contribution in [0.2, 0.25) is 0 Å². The molecule has 2 aliphatic carbocycles. The fraction of sp³-hybridized carbons (Fsp3) is 0.478. The molecule has 2 heterocycles. The molecule has 33 heavy (non-hydrogen) atoms. The molecule has 1 aromatic carbocycles. The van der Waals surface area contributed by atoms with Gasteiger partial charge in [0.1, 0.15) is 23.0 Å². The molecule has 0 saturated heterocycles. The molecule has 0 spiro atoms. The van der Waals surface area contributed by atoms with Crippen LogP contribution in [0.25, 0.3) is 22.0 Å². The van der Waals surface area contributed by atoms with Crippen molar-refractivity contribution in [3.05, 3.63) is 29.4 Å². The van der Waals surface area contributed by atoms with E-state index in [-0.39, 0.29) is 16.8 Å². The van der Waals surface area contributed by atoms with E-state index in [2.05, 4.69) is 37.2 Å². The highest BCUT2D eigenvalue weighted by Gasteiger charge is 2.41. The van der Waals surface area contributed by atoms with Crippen molar-refractivity contribution in [2.75, 3.05) is 4.90 Å². The Bertz CT molecular complexity index is 1170. The third-order valence-electron chi connectivity index (χ3n) is 6.54. The molecule has 3 atom stereocenters. The second-order valence-corrected chi connectivity index (χ2v) is 9.68. The number of nitriles is 1. The van der Waals surface area contributed by atoms with Crippen LogP contribution >= 0.6 is 11.3 Å². The number of hydrogen-bond donors (Lipinski definition) is 1. The van der Waals surface area contributed by atoms with E-state index in [9.17, 15) is 9.50 Å². The number of alkyl halides is 1. The van der Waals surface area contributed by atoms with Crippen molar-refractivity contribution in [2.24, 2.45) is 5.92 Å². The molecule has 0 amide bonds. The summed E-state index contributed by atoms with van der Waals surface area (Å²) in [7, 11) is 0. The molecule has 1 N–H and O–H groups in total. The van der Waals surface area contributed by atoms with Gasteiger partial charge in [-0.2, -0.15) is 5.26 Å². The number of phenols is 1. The van der Waals surface area contributed by atoms with Crippen molar-refractivity contribution >= 4 is 17.2 Å². The SMILES string of the molecule is CC[C@@H]1CC[C@H](F)[C@H](N(c2cnc(-c3ccc(-c4nnc(C#N)s4)cc3O)nn2)C2CC2)C1. The summed E-state index contributed by atoms with van der Waals surface area (Å²) in [6, 6.07) is 7.07. The lowest BCUT2D eigenvalue weighted by molar-refractivity contribution is 0.166. The van der Waals surface area contributed by atoms with Crippen molar-refractivity contribution < 1.29 is 9.50 Å². The molecule has 170 valence electrons. The smallest absolute Gasteiger partial charge is 0.218 e. The van der Waals surface area contributed by atoms with E-state index < -0.39 is 6.17 Å². The number of phenolic OH excluding ortho intramolecular Hbond substituents is 1. The van der Waals surface area contributed by atoms with Gasteiger partial charge in [-0.1, -0.05) is 30.7 Å². The van der Waals surface area contributed by atoms with Gasteiger partial charge in [0.05, 0.1) is 17.8 Å². The zero-order chi connectivity index (χ0) is 22.9. The van der Waals surface area contributed by atoms with Crippen LogP contribution in [0.15, 0.2) is 24.4 Å². The van der Waals surface area contributed by atoms with Gasteiger partial charge in [0, 0.05) is 11.6 Å². The summed E-state index contributed by atoms with van der Waals surface area (Å²) in [5.41, 5.74) is 1.09. The van der Waals surface area contributed by atoms with Crippen molar-refractivity contribution in [1.82, 2.24) is 25.4 Å². The number of aromatic hydroxyl groups is 1. The molecule has 8 nitrogen and oxygen atoms in total. The number of halogens is 1. The van der Waals surface area contributed by atoms with Gasteiger partial charge in [0.15, 0.2) is 11.6 Å². The van der Waals surface area contributed by atoms with Gasteiger partial charge in [-0.05, 0) is 50.2 Å². The summed E-state index contributed by atoms with van der Waals surface area (Å²) in [6.45, 7) is 2.17. The molecule has 0 radical (unpaired) electrons. The first-order valence-corrected chi connectivity index (χ1v) is 12.1. The number of benzene rings is 1. The van der Waals surface area contributed by atoms with Crippen LogP contribution in [0.4, 0.5) is 10.2 Å². The van der Waals surface area contributed by atoms with Gasteiger partial charge in [0.25, 0.3) is 0 Å². The Morgan fingerprint density at radius 3 is 2.67 bits per heavy atom. The summed E-state index contributed by atoms with van der Waals surface area (Å²) in [5, 5.41) is 36.7. The van der Waals surface area contributed by atoms with Crippen LogP contribution in [-0.2, 0) is 0 Å². The molecule has 0 aliphatic heterocycles. The maximum Gasteiger partial charge on any atom is 0.218 e. The van der Waals surface area contributed by atoms with E-state index in [1.54, 1.807) is 24.4 Å². The highest BCUT2D eigenvalue weighted by Crippen LogP contribution is 2.40. The summed E-state index contributed by atoms with van der Waals surface area (Å²) in [6.07, 6.45) is 6.27. The molecule has 2 saturated carbocycles. The molecule has 3 aromatic rings. The highest BCUT2D eigenvalue weighted by molar-refractivity contribution is 7.15. The van der Waals surface area contributed by atoms with Gasteiger partial charge in [-0.3, -0.25) is 0 Å². The minimum atomic E-state index is -0.867. The average molecular weight is 466 g/mol. The summed E-state index contributed by atoms with van der Waals surface area (Å²) in [4.78, 5) is 6.55. The van der Waals surface area contributed by atoms with Gasteiger partial charge >= 0.3 is 0 Å². The maximum atomic E-state index is 14.9. The predicted octanol–water partition coefficient (Wildman–Crippen LogP) is 4.52. The number of anilines is 1. The summed E-state index contributed by atoms with van der Waals surface area (Å²) in [5.74, 6) is 1.41. The second-order valence-electron chi connectivity index (χ2n) is 8.71. The third kappa shape index (κ3) is 4.37. The normalized spacial score (nSPS) is 22.6. The first-order chi connectivity index (χ1) is 16.1. The van der Waals surface area contributed by atoms with Gasteiger partial charge in [-0.25, -0.2) is 9.37 Å². The lowest BCUT2D eigenvalue weighted by Gasteiger charge is -2.40. The van der Waals surface area contributed by atoms with E-state index in [1.807, 2.05) is 6.07 Å². The third-order valence-corrected chi connectivity index (χ3v) is 7.42. The first-order valence-electron chi connectivity index (χ1n) is 11.3. The fourth-order valence-electron chi connectivity index (χ4n) is 4.58. The second kappa shape index (κ2) is 8.98. The fourth-order valence-corrected chi connectivity index (χ4v) is 5.22. The van der Waals surface area contributed by atoms with Crippen molar-refractivity contribution in [1.29, 1.82) is 5.26 Å². The summed E-state index contributed by atoms with van der Waals surface area (Å²) >= 11 is 1.15. The van der Waals surface area contributed by atoms with E-state index >= 15 is 0 Å². The molecule has 5 rings (SSSR count). The van der Waals surface area contributed by atoms with Crippen molar-refractivity contribution in [2.45, 2.75) is 63.7 Å². The Morgan fingerprint density at radius 2 is 2.03 bits per heavy atom. The van der Waals surface area contributed by atoms with E-state index in [4.69, 9.17) is 5.26 Å². The average Bonchev–Trinajstić information content (AvgIpc) is 3.55. The van der Waals surface area contributed by atoms with Crippen LogP contribution in [-0.4, -0.2) is 48.7 Å². The molecule has 0 unspecified atom stereocenters. The quantitative estimate of drug-likeness (QED) is 0.565. The van der Waals surface area contributed by atoms with Crippen LogP contribution in [0, 0.1) is 17.2 Å². The molecule has 10 heteroatoms. The Kier molecular flexibility index (Phi) is 5.89. The van der Waals surface area contributed by atoms with Gasteiger partial charge in [-0.15, -0.1) is 20.4 Å². The molecule has 2 fully saturated rings. The Balaban J connectivity index is 1.39. The van der Waals surface area contributed by atoms with Crippen LogP contribution in [0.5, 0.6) is 5.75 Å². The maximum absolute atomic E-state index is 14.9. The molecule has 2 aliphatic rings. The Morgan fingerprint density at radius 1 is 1.18 bits per heavy atom. The zero-order valence-electron chi connectivity index (χ0n) is 18.2. The van der Waals surface area contributed by atoms with Crippen molar-refractivity contribution in [3.63, 3.8) is 0 Å². The van der Waals surface area contributed by atoms with Gasteiger partial charge < -0.3 is 10.0 Å². The van der Waals surface area contributed by atoms with E-state index in [1.165, 1.54) is 0 Å². The first kappa shape index (κ1) is 21.6. The minimum absolute atomic E-state index is 0.0169. The topological polar surface area (TPSA) is 112 Å². The summed E-state index contributed by atoms with van der Waals surface area (Å²) < 4.78 is 14.9. The lowest BCUT2D eigenvalue weighted by Crippen LogP contribution is -2.47. The zero-order valence-corrected chi connectivity index (χ0v) is 19.0. The highest BCUT2D eigenvalue weighted by atomic mass is 32.1. The van der Waals surface area contributed by atoms with Crippen LogP contribution in [0.1, 0.15) is 50.5 Å². The number of rotatable bonds is 6. The monoisotopic (exact) mass is 465 g/mol. The molecular formula is C23H24FN7OS. The number of aromatic nitrogens is 5. The Labute approximate surface area is 195 Å². The van der Waals surface area contributed by atoms with Crippen LogP contribution in [0.3, 0.4) is 0 Å². The lowest BCUT2D eigenvalue weighted by atomic mass is 9.82. The Hall–Kier alpha value is -3.19. The van der Waals surface area contributed by atoms with E-state index in [0.29, 0.717) is 46.2 Å². The molecular weight excluding hydrogens is 441 g/mol. The number of hydrogen-bond acceptors (Lipinski definition) is 9. The number of nitrogens with zero attached hydrogens (tertiary/aromatic N) is 7. The van der Waals surface area contributed by atoms with Gasteiger partial charge in [0.2, 0.25) is 5.01 Å². The van der Waals surface area contributed by atoms with Crippen molar-refractivity contribution in [3.8, 4) is 33.8 Å². The standard InChI is InChI=1S/C23H24FN7OS/c1-2-13-3-8-17(24)18(9-13)31(15-5-6-15)20-12-26-22(29-27-20)16-7-4-14(10-19(16)32)23-30-28-21(11-25)33-23/h4,7,10,12-13,15,17-18,32H,2-3,5-6,8-9H2,1H3/t13-,17+,18-/m1/s1. The molecule has 2 aromatic heterocycles. The largest absolute Gasteiger partial charge is 0.507 e. The van der Waals surface area contributed by atoms with E-state index in [0.717, 1.165) is 43.4 Å². The predicted molar refractivity (Wildman–Crippen MR) is 122 cm³/mol. The molecule has 0 bridgehead atoms.